The van der Waals surface area contributed by atoms with Crippen LogP contribution in [0.3, 0.4) is 0 Å². The van der Waals surface area contributed by atoms with Gasteiger partial charge >= 0.3 is 0 Å². The highest BCUT2D eigenvalue weighted by Gasteiger charge is 2.24. The second-order valence-electron chi connectivity index (χ2n) is 7.01. The van der Waals surface area contributed by atoms with Crippen molar-refractivity contribution in [1.29, 1.82) is 0 Å². The van der Waals surface area contributed by atoms with Crippen molar-refractivity contribution >= 4 is 0 Å². The molecule has 1 aromatic heterocycles. The molecule has 2 aromatic carbocycles. The standard InChI is InChI=1S/C22H22N2O3/c1-14-6-4-5-7-19(14)20-9-8-17(10-15(20)2)26-13-18-12-24-11-16(3)21(25)23-22(24)27-18/h4-11,18H,12-13H2,1-3H3. The van der Waals surface area contributed by atoms with E-state index in [4.69, 9.17) is 9.47 Å². The average Bonchev–Trinajstić information content (AvgIpc) is 3.03. The van der Waals surface area contributed by atoms with Gasteiger partial charge in [-0.05, 0) is 55.2 Å². The summed E-state index contributed by atoms with van der Waals surface area (Å²) in [4.78, 5) is 15.6. The van der Waals surface area contributed by atoms with E-state index in [1.165, 1.54) is 22.3 Å². The minimum Gasteiger partial charge on any atom is -0.490 e. The summed E-state index contributed by atoms with van der Waals surface area (Å²) in [5, 5.41) is 0. The molecule has 0 aliphatic carbocycles. The average molecular weight is 362 g/mol. The van der Waals surface area contributed by atoms with Crippen molar-refractivity contribution < 1.29 is 9.47 Å². The lowest BCUT2D eigenvalue weighted by Gasteiger charge is -2.14. The van der Waals surface area contributed by atoms with Gasteiger partial charge in [0.1, 0.15) is 12.4 Å². The Bertz CT molecular complexity index is 1060. The van der Waals surface area contributed by atoms with Crippen LogP contribution in [-0.4, -0.2) is 22.3 Å². The number of ether oxygens (including phenoxy) is 2. The van der Waals surface area contributed by atoms with Gasteiger partial charge in [0, 0.05) is 11.8 Å². The molecule has 2 heterocycles. The van der Waals surface area contributed by atoms with E-state index in [1.54, 1.807) is 13.1 Å². The lowest BCUT2D eigenvalue weighted by Crippen LogP contribution is -2.23. The fourth-order valence-corrected chi connectivity index (χ4v) is 3.39. The number of nitrogens with zero attached hydrogens (tertiary/aromatic N) is 2. The van der Waals surface area contributed by atoms with Crippen LogP contribution in [-0.2, 0) is 6.54 Å². The predicted molar refractivity (Wildman–Crippen MR) is 104 cm³/mol. The molecule has 0 spiro atoms. The fraction of sp³-hybridized carbons (Fsp3) is 0.273. The molecular formula is C22H22N2O3. The maximum absolute atomic E-state index is 11.6. The van der Waals surface area contributed by atoms with Crippen LogP contribution in [0.2, 0.25) is 0 Å². The van der Waals surface area contributed by atoms with Crippen LogP contribution < -0.4 is 15.0 Å². The highest BCUT2D eigenvalue weighted by atomic mass is 16.6. The SMILES string of the molecule is Cc1ccccc1-c1ccc(OCC2Cn3cc(C)c(=O)nc3O2)cc1C. The Morgan fingerprint density at radius 3 is 2.63 bits per heavy atom. The molecule has 5 nitrogen and oxygen atoms in total. The molecule has 1 unspecified atom stereocenters. The summed E-state index contributed by atoms with van der Waals surface area (Å²) in [6, 6.07) is 14.9. The third-order valence-electron chi connectivity index (χ3n) is 4.87. The third kappa shape index (κ3) is 3.45. The van der Waals surface area contributed by atoms with Crippen molar-refractivity contribution in [2.45, 2.75) is 33.4 Å². The van der Waals surface area contributed by atoms with E-state index >= 15 is 0 Å². The Morgan fingerprint density at radius 2 is 1.85 bits per heavy atom. The van der Waals surface area contributed by atoms with Crippen LogP contribution in [0.4, 0.5) is 0 Å². The van der Waals surface area contributed by atoms with Crippen molar-refractivity contribution in [2.24, 2.45) is 0 Å². The Labute approximate surface area is 158 Å². The highest BCUT2D eigenvalue weighted by molar-refractivity contribution is 5.71. The van der Waals surface area contributed by atoms with Crippen LogP contribution >= 0.6 is 0 Å². The van der Waals surface area contributed by atoms with Gasteiger partial charge in [-0.15, -0.1) is 0 Å². The monoisotopic (exact) mass is 362 g/mol. The summed E-state index contributed by atoms with van der Waals surface area (Å²) in [6.07, 6.45) is 1.63. The molecule has 0 amide bonds. The molecule has 0 saturated heterocycles. The number of benzene rings is 2. The van der Waals surface area contributed by atoms with E-state index < -0.39 is 0 Å². The zero-order valence-electron chi connectivity index (χ0n) is 15.7. The van der Waals surface area contributed by atoms with E-state index in [0.717, 1.165) is 5.75 Å². The van der Waals surface area contributed by atoms with Crippen LogP contribution in [0.5, 0.6) is 11.8 Å². The van der Waals surface area contributed by atoms with Crippen LogP contribution in [0.1, 0.15) is 16.7 Å². The zero-order chi connectivity index (χ0) is 19.0. The molecule has 0 bridgehead atoms. The van der Waals surface area contributed by atoms with Gasteiger partial charge < -0.3 is 9.47 Å². The highest BCUT2D eigenvalue weighted by Crippen LogP contribution is 2.29. The van der Waals surface area contributed by atoms with Crippen LogP contribution in [0.15, 0.2) is 53.5 Å². The summed E-state index contributed by atoms with van der Waals surface area (Å²) in [5.74, 6) is 0.808. The number of hydrogen-bond acceptors (Lipinski definition) is 4. The van der Waals surface area contributed by atoms with Crippen LogP contribution in [0.25, 0.3) is 11.1 Å². The van der Waals surface area contributed by atoms with Crippen molar-refractivity contribution in [3.63, 3.8) is 0 Å². The van der Waals surface area contributed by atoms with E-state index in [1.807, 2.05) is 10.6 Å². The number of rotatable bonds is 4. The number of hydrogen-bond donors (Lipinski definition) is 0. The Kier molecular flexibility index (Phi) is 4.44. The molecule has 0 radical (unpaired) electrons. The van der Waals surface area contributed by atoms with E-state index in [2.05, 4.69) is 55.2 Å². The van der Waals surface area contributed by atoms with Gasteiger partial charge in [-0.2, -0.15) is 4.98 Å². The molecule has 3 aromatic rings. The number of aryl methyl sites for hydroxylation is 3. The quantitative estimate of drug-likeness (QED) is 0.710. The molecule has 5 heteroatoms. The summed E-state index contributed by atoms with van der Waals surface area (Å²) in [6.45, 7) is 7.00. The van der Waals surface area contributed by atoms with Gasteiger partial charge in [0.05, 0.1) is 6.54 Å². The number of aromatic nitrogens is 2. The Morgan fingerprint density at radius 1 is 1.07 bits per heavy atom. The summed E-state index contributed by atoms with van der Waals surface area (Å²) < 4.78 is 13.5. The molecule has 0 fully saturated rings. The van der Waals surface area contributed by atoms with Crippen molar-refractivity contribution in [3.8, 4) is 22.9 Å². The van der Waals surface area contributed by atoms with Gasteiger partial charge in [0.25, 0.3) is 11.6 Å². The minimum atomic E-state index is -0.245. The lowest BCUT2D eigenvalue weighted by atomic mass is 9.97. The van der Waals surface area contributed by atoms with Crippen molar-refractivity contribution in [2.75, 3.05) is 6.61 Å². The van der Waals surface area contributed by atoms with Crippen LogP contribution in [0, 0.1) is 20.8 Å². The third-order valence-corrected chi connectivity index (χ3v) is 4.87. The molecule has 0 saturated carbocycles. The first kappa shape index (κ1) is 17.3. The van der Waals surface area contributed by atoms with Gasteiger partial charge in [-0.3, -0.25) is 9.36 Å². The van der Waals surface area contributed by atoms with Gasteiger partial charge in [-0.25, -0.2) is 0 Å². The minimum absolute atomic E-state index is 0.157. The van der Waals surface area contributed by atoms with E-state index in [9.17, 15) is 4.79 Å². The largest absolute Gasteiger partial charge is 0.490 e. The molecule has 1 aliphatic heterocycles. The summed E-state index contributed by atoms with van der Waals surface area (Å²) in [5.41, 5.74) is 5.24. The van der Waals surface area contributed by atoms with E-state index in [-0.39, 0.29) is 11.7 Å². The van der Waals surface area contributed by atoms with E-state index in [0.29, 0.717) is 24.7 Å². The zero-order valence-corrected chi connectivity index (χ0v) is 15.7. The Hall–Kier alpha value is -3.08. The van der Waals surface area contributed by atoms with Gasteiger partial charge in [0.2, 0.25) is 0 Å². The first-order valence-electron chi connectivity index (χ1n) is 9.05. The lowest BCUT2D eigenvalue weighted by molar-refractivity contribution is 0.143. The smallest absolute Gasteiger partial charge is 0.300 e. The topological polar surface area (TPSA) is 53.4 Å². The summed E-state index contributed by atoms with van der Waals surface area (Å²) >= 11 is 0. The maximum Gasteiger partial charge on any atom is 0.300 e. The second kappa shape index (κ2) is 6.91. The van der Waals surface area contributed by atoms with Gasteiger partial charge in [0.15, 0.2) is 6.10 Å². The second-order valence-corrected chi connectivity index (χ2v) is 7.01. The van der Waals surface area contributed by atoms with Gasteiger partial charge in [-0.1, -0.05) is 30.3 Å². The van der Waals surface area contributed by atoms with Crippen molar-refractivity contribution in [1.82, 2.24) is 9.55 Å². The first-order valence-corrected chi connectivity index (χ1v) is 9.05. The maximum atomic E-state index is 11.6. The first-order chi connectivity index (χ1) is 13.0. The molecule has 27 heavy (non-hydrogen) atoms. The van der Waals surface area contributed by atoms with Crippen molar-refractivity contribution in [3.05, 3.63) is 75.7 Å². The molecule has 1 aliphatic rings. The molecule has 4 rings (SSSR count). The molecule has 0 N–H and O–H groups in total. The summed E-state index contributed by atoms with van der Waals surface area (Å²) in [7, 11) is 0. The Balaban J connectivity index is 1.45. The normalized spacial score (nSPS) is 15.3. The molecule has 138 valence electrons. The molecular weight excluding hydrogens is 340 g/mol. The predicted octanol–water partition coefficient (Wildman–Crippen LogP) is 3.68. The fourth-order valence-electron chi connectivity index (χ4n) is 3.39. The number of fused-ring (bicyclic) bond motifs is 1. The molecule has 1 atom stereocenters.